The van der Waals surface area contributed by atoms with E-state index >= 15 is 0 Å². The Morgan fingerprint density at radius 2 is 2.05 bits per heavy atom. The molecule has 0 aliphatic carbocycles. The lowest BCUT2D eigenvalue weighted by Gasteiger charge is -2.10. The van der Waals surface area contributed by atoms with E-state index in [9.17, 15) is 8.42 Å². The smallest absolute Gasteiger partial charge is 0.213 e. The van der Waals surface area contributed by atoms with Gasteiger partial charge in [0.2, 0.25) is 10.0 Å². The van der Waals surface area contributed by atoms with Gasteiger partial charge in [-0.3, -0.25) is 0 Å². The highest BCUT2D eigenvalue weighted by molar-refractivity contribution is 7.89. The fourth-order valence-electron chi connectivity index (χ4n) is 1.75. The van der Waals surface area contributed by atoms with Gasteiger partial charge in [0.05, 0.1) is 17.1 Å². The molecule has 1 aromatic heterocycles. The van der Waals surface area contributed by atoms with Gasteiger partial charge in [0.1, 0.15) is 5.82 Å². The van der Waals surface area contributed by atoms with Gasteiger partial charge >= 0.3 is 0 Å². The topological polar surface area (TPSA) is 102 Å². The number of nitrogen functional groups attached to an aromatic ring is 1. The molecule has 1 aromatic rings. The predicted molar refractivity (Wildman–Crippen MR) is 77.6 cm³/mol. The molecule has 0 amide bonds. The van der Waals surface area contributed by atoms with E-state index in [1.807, 2.05) is 13.8 Å². The van der Waals surface area contributed by atoms with Crippen molar-refractivity contribution in [3.63, 3.8) is 0 Å². The minimum Gasteiger partial charge on any atom is -0.394 e. The van der Waals surface area contributed by atoms with Crippen molar-refractivity contribution in [2.24, 2.45) is 0 Å². The van der Waals surface area contributed by atoms with Crippen LogP contribution in [0.4, 0.5) is 11.5 Å². The molecular weight excluding hydrogens is 266 g/mol. The highest BCUT2D eigenvalue weighted by Crippen LogP contribution is 2.22. The summed E-state index contributed by atoms with van der Waals surface area (Å²) in [5.41, 5.74) is 7.26. The number of nitrogens with one attached hydrogen (secondary N) is 2. The number of aryl methyl sites for hydroxylation is 2. The Bertz CT molecular complexity index is 509. The van der Waals surface area contributed by atoms with Crippen molar-refractivity contribution < 1.29 is 8.42 Å². The van der Waals surface area contributed by atoms with E-state index in [2.05, 4.69) is 15.1 Å². The van der Waals surface area contributed by atoms with Crippen LogP contribution in [0.2, 0.25) is 0 Å². The van der Waals surface area contributed by atoms with Crippen molar-refractivity contribution in [1.29, 1.82) is 0 Å². The molecule has 1 rings (SSSR count). The first-order chi connectivity index (χ1) is 8.91. The number of nitrogens with two attached hydrogens (primary N) is 1. The van der Waals surface area contributed by atoms with Gasteiger partial charge in [-0.2, -0.15) is 5.10 Å². The summed E-state index contributed by atoms with van der Waals surface area (Å²) in [6, 6.07) is 0. The summed E-state index contributed by atoms with van der Waals surface area (Å²) in [5, 5.41) is 7.37. The Morgan fingerprint density at radius 1 is 1.37 bits per heavy atom. The van der Waals surface area contributed by atoms with Gasteiger partial charge in [0, 0.05) is 19.6 Å². The number of sulfonamides is 1. The maximum Gasteiger partial charge on any atom is 0.213 e. The molecule has 0 atom stereocenters. The van der Waals surface area contributed by atoms with Crippen LogP contribution >= 0.6 is 0 Å². The summed E-state index contributed by atoms with van der Waals surface area (Å²) >= 11 is 0. The van der Waals surface area contributed by atoms with Crippen LogP contribution in [0.15, 0.2) is 0 Å². The molecule has 0 fully saturated rings. The molecule has 0 aliphatic heterocycles. The Hall–Kier alpha value is -1.28. The Labute approximate surface area is 114 Å². The van der Waals surface area contributed by atoms with Crippen molar-refractivity contribution in [2.75, 3.05) is 29.9 Å². The lowest BCUT2D eigenvalue weighted by Crippen LogP contribution is -2.29. The van der Waals surface area contributed by atoms with Gasteiger partial charge in [-0.15, -0.1) is 0 Å². The zero-order valence-electron chi connectivity index (χ0n) is 11.7. The van der Waals surface area contributed by atoms with E-state index in [0.29, 0.717) is 24.6 Å². The molecule has 110 valence electrons. The van der Waals surface area contributed by atoms with Crippen LogP contribution in [-0.2, 0) is 16.6 Å². The SMILES string of the molecule is CCCn1nc(C)c(N)c1NCCS(=O)(=O)NCC. The van der Waals surface area contributed by atoms with Crippen LogP contribution in [0.3, 0.4) is 0 Å². The third kappa shape index (κ3) is 4.39. The van der Waals surface area contributed by atoms with E-state index in [-0.39, 0.29) is 5.75 Å². The van der Waals surface area contributed by atoms with Crippen molar-refractivity contribution in [3.8, 4) is 0 Å². The highest BCUT2D eigenvalue weighted by atomic mass is 32.2. The Morgan fingerprint density at radius 3 is 2.63 bits per heavy atom. The van der Waals surface area contributed by atoms with E-state index in [4.69, 9.17) is 5.73 Å². The molecule has 0 unspecified atom stereocenters. The normalized spacial score (nSPS) is 11.7. The lowest BCUT2D eigenvalue weighted by atomic mass is 10.4. The van der Waals surface area contributed by atoms with E-state index in [1.54, 1.807) is 11.6 Å². The number of anilines is 2. The average Bonchev–Trinajstić information content (AvgIpc) is 2.57. The first kappa shape index (κ1) is 15.8. The van der Waals surface area contributed by atoms with Crippen LogP contribution < -0.4 is 15.8 Å². The molecule has 4 N–H and O–H groups in total. The van der Waals surface area contributed by atoms with Gasteiger partial charge in [-0.05, 0) is 13.3 Å². The van der Waals surface area contributed by atoms with Crippen molar-refractivity contribution in [3.05, 3.63) is 5.69 Å². The molecule has 0 aromatic carbocycles. The summed E-state index contributed by atoms with van der Waals surface area (Å²) in [4.78, 5) is 0. The van der Waals surface area contributed by atoms with Gasteiger partial charge < -0.3 is 11.1 Å². The van der Waals surface area contributed by atoms with Crippen LogP contribution in [0.25, 0.3) is 0 Å². The first-order valence-electron chi connectivity index (χ1n) is 6.45. The quantitative estimate of drug-likeness (QED) is 0.648. The third-order valence-corrected chi connectivity index (χ3v) is 4.11. The molecule has 0 radical (unpaired) electrons. The number of hydrogen-bond acceptors (Lipinski definition) is 5. The summed E-state index contributed by atoms with van der Waals surface area (Å²) < 4.78 is 27.3. The second kappa shape index (κ2) is 6.76. The molecule has 0 bridgehead atoms. The maximum atomic E-state index is 11.5. The number of hydrogen-bond donors (Lipinski definition) is 3. The highest BCUT2D eigenvalue weighted by Gasteiger charge is 2.13. The lowest BCUT2D eigenvalue weighted by molar-refractivity contribution is 0.583. The van der Waals surface area contributed by atoms with E-state index < -0.39 is 10.0 Å². The fourth-order valence-corrected chi connectivity index (χ4v) is 2.71. The average molecular weight is 289 g/mol. The van der Waals surface area contributed by atoms with Crippen LogP contribution in [0.5, 0.6) is 0 Å². The summed E-state index contributed by atoms with van der Waals surface area (Å²) in [6.07, 6.45) is 0.935. The number of nitrogens with zero attached hydrogens (tertiary/aromatic N) is 2. The van der Waals surface area contributed by atoms with Gasteiger partial charge in [0.15, 0.2) is 0 Å². The monoisotopic (exact) mass is 289 g/mol. The van der Waals surface area contributed by atoms with Crippen molar-refractivity contribution in [2.45, 2.75) is 33.7 Å². The van der Waals surface area contributed by atoms with E-state index in [1.165, 1.54) is 0 Å². The van der Waals surface area contributed by atoms with Gasteiger partial charge in [0.25, 0.3) is 0 Å². The summed E-state index contributed by atoms with van der Waals surface area (Å²) in [7, 11) is -3.22. The first-order valence-corrected chi connectivity index (χ1v) is 8.10. The second-order valence-electron chi connectivity index (χ2n) is 4.31. The minimum atomic E-state index is -3.22. The standard InChI is InChI=1S/C11H23N5O2S/c1-4-7-16-11(10(12)9(3)15-16)13-6-8-19(17,18)14-5-2/h13-14H,4-8,12H2,1-3H3. The van der Waals surface area contributed by atoms with Gasteiger partial charge in [-0.25, -0.2) is 17.8 Å². The van der Waals surface area contributed by atoms with Gasteiger partial charge in [-0.1, -0.05) is 13.8 Å². The molecule has 19 heavy (non-hydrogen) atoms. The Balaban J connectivity index is 2.67. The van der Waals surface area contributed by atoms with Crippen LogP contribution in [-0.4, -0.2) is 37.0 Å². The summed E-state index contributed by atoms with van der Waals surface area (Å²) in [6.45, 7) is 7.09. The summed E-state index contributed by atoms with van der Waals surface area (Å²) in [5.74, 6) is 0.711. The molecule has 0 saturated carbocycles. The molecule has 0 saturated heterocycles. The molecule has 1 heterocycles. The number of aromatic nitrogens is 2. The molecular formula is C11H23N5O2S. The second-order valence-corrected chi connectivity index (χ2v) is 6.24. The fraction of sp³-hybridized carbons (Fsp3) is 0.727. The zero-order valence-corrected chi connectivity index (χ0v) is 12.5. The van der Waals surface area contributed by atoms with Crippen molar-refractivity contribution in [1.82, 2.24) is 14.5 Å². The predicted octanol–water partition coefficient (Wildman–Crippen LogP) is 0.535. The minimum absolute atomic E-state index is 0.0105. The van der Waals surface area contributed by atoms with Crippen LogP contribution in [0, 0.1) is 6.92 Å². The number of rotatable bonds is 8. The third-order valence-electron chi connectivity index (χ3n) is 2.64. The zero-order chi connectivity index (χ0) is 14.5. The molecule has 7 nitrogen and oxygen atoms in total. The largest absolute Gasteiger partial charge is 0.394 e. The van der Waals surface area contributed by atoms with E-state index in [0.717, 1.165) is 18.7 Å². The molecule has 0 spiro atoms. The molecule has 0 aliphatic rings. The molecule has 8 heteroatoms. The maximum absolute atomic E-state index is 11.5. The van der Waals surface area contributed by atoms with Crippen molar-refractivity contribution >= 4 is 21.5 Å². The Kier molecular flexibility index (Phi) is 5.61. The van der Waals surface area contributed by atoms with Crippen LogP contribution in [0.1, 0.15) is 26.0 Å².